The third-order valence-electron chi connectivity index (χ3n) is 4.50. The molecule has 8 heteroatoms. The zero-order valence-electron chi connectivity index (χ0n) is 15.4. The van der Waals surface area contributed by atoms with Gasteiger partial charge in [-0.1, -0.05) is 24.3 Å². The van der Waals surface area contributed by atoms with E-state index in [0.29, 0.717) is 11.0 Å². The van der Waals surface area contributed by atoms with Gasteiger partial charge in [-0.15, -0.1) is 0 Å². The smallest absolute Gasteiger partial charge is 0.376 e. The molecule has 0 atom stereocenters. The molecule has 1 aromatic heterocycles. The SMILES string of the molecule is CCOC(=O)c1oc2ccccc2c1NC(=O)CN1C(=O)c2ccccc2C1=O. The van der Waals surface area contributed by atoms with Gasteiger partial charge in [-0.2, -0.15) is 0 Å². The summed E-state index contributed by atoms with van der Waals surface area (Å²) in [5.41, 5.74) is 1.05. The summed E-state index contributed by atoms with van der Waals surface area (Å²) in [7, 11) is 0. The van der Waals surface area contributed by atoms with Crippen molar-refractivity contribution < 1.29 is 28.3 Å². The Morgan fingerprint density at radius 1 is 1.00 bits per heavy atom. The maximum absolute atomic E-state index is 12.6. The second-order valence-electron chi connectivity index (χ2n) is 6.31. The van der Waals surface area contributed by atoms with Crippen molar-refractivity contribution in [2.45, 2.75) is 6.92 Å². The number of anilines is 1. The van der Waals surface area contributed by atoms with Crippen molar-refractivity contribution >= 4 is 40.3 Å². The highest BCUT2D eigenvalue weighted by atomic mass is 16.5. The van der Waals surface area contributed by atoms with Crippen molar-refractivity contribution in [1.82, 2.24) is 4.90 Å². The van der Waals surface area contributed by atoms with Gasteiger partial charge in [0.15, 0.2) is 0 Å². The Labute approximate surface area is 165 Å². The van der Waals surface area contributed by atoms with E-state index in [-0.39, 0.29) is 29.2 Å². The van der Waals surface area contributed by atoms with Crippen LogP contribution in [0.25, 0.3) is 11.0 Å². The first-order valence-corrected chi connectivity index (χ1v) is 8.95. The van der Waals surface area contributed by atoms with E-state index < -0.39 is 30.2 Å². The van der Waals surface area contributed by atoms with Crippen LogP contribution in [-0.2, 0) is 9.53 Å². The molecule has 0 radical (unpaired) electrons. The first kappa shape index (κ1) is 18.4. The summed E-state index contributed by atoms with van der Waals surface area (Å²) >= 11 is 0. The Morgan fingerprint density at radius 3 is 2.28 bits per heavy atom. The third-order valence-corrected chi connectivity index (χ3v) is 4.50. The average Bonchev–Trinajstić information content (AvgIpc) is 3.20. The molecule has 146 valence electrons. The number of imide groups is 1. The Balaban J connectivity index is 1.60. The minimum absolute atomic E-state index is 0.137. The lowest BCUT2D eigenvalue weighted by Gasteiger charge is -2.13. The Bertz CT molecular complexity index is 1130. The minimum Gasteiger partial charge on any atom is -0.460 e. The number of nitrogens with zero attached hydrogens (tertiary/aromatic N) is 1. The summed E-state index contributed by atoms with van der Waals surface area (Å²) in [6, 6.07) is 13.2. The van der Waals surface area contributed by atoms with Gasteiger partial charge in [-0.25, -0.2) is 4.79 Å². The van der Waals surface area contributed by atoms with Crippen LogP contribution in [0.5, 0.6) is 0 Å². The van der Waals surface area contributed by atoms with Gasteiger partial charge >= 0.3 is 5.97 Å². The molecule has 29 heavy (non-hydrogen) atoms. The highest BCUT2D eigenvalue weighted by Crippen LogP contribution is 2.31. The van der Waals surface area contributed by atoms with Crippen molar-refractivity contribution in [2.75, 3.05) is 18.5 Å². The molecule has 0 saturated heterocycles. The van der Waals surface area contributed by atoms with Gasteiger partial charge < -0.3 is 14.5 Å². The summed E-state index contributed by atoms with van der Waals surface area (Å²) in [6.07, 6.45) is 0. The second kappa shape index (κ2) is 7.23. The Morgan fingerprint density at radius 2 is 1.62 bits per heavy atom. The normalized spacial score (nSPS) is 12.9. The van der Waals surface area contributed by atoms with Crippen LogP contribution in [0.3, 0.4) is 0 Å². The fourth-order valence-corrected chi connectivity index (χ4v) is 3.22. The van der Waals surface area contributed by atoms with E-state index >= 15 is 0 Å². The molecule has 0 fully saturated rings. The van der Waals surface area contributed by atoms with Gasteiger partial charge in [0.25, 0.3) is 11.8 Å². The highest BCUT2D eigenvalue weighted by molar-refractivity contribution is 6.23. The molecule has 0 aliphatic carbocycles. The third kappa shape index (κ3) is 3.14. The van der Waals surface area contributed by atoms with E-state index in [1.54, 1.807) is 43.3 Å². The lowest BCUT2D eigenvalue weighted by molar-refractivity contribution is -0.116. The molecule has 1 aliphatic heterocycles. The molecule has 1 N–H and O–H groups in total. The molecule has 3 amide bonds. The molecule has 1 aliphatic rings. The monoisotopic (exact) mass is 392 g/mol. The van der Waals surface area contributed by atoms with Gasteiger partial charge in [0.1, 0.15) is 17.8 Å². The number of ether oxygens (including phenoxy) is 1. The van der Waals surface area contributed by atoms with Crippen LogP contribution in [-0.4, -0.2) is 41.7 Å². The van der Waals surface area contributed by atoms with E-state index in [1.807, 2.05) is 0 Å². The standard InChI is InChI=1S/C21H16N2O6/c1-2-28-21(27)18-17(14-9-5-6-10-15(14)29-18)22-16(24)11-23-19(25)12-7-3-4-8-13(12)20(23)26/h3-10H,2,11H2,1H3,(H,22,24). The summed E-state index contributed by atoms with van der Waals surface area (Å²) in [5.74, 6) is -2.59. The number of para-hydroxylation sites is 1. The van der Waals surface area contributed by atoms with Gasteiger partial charge in [-0.3, -0.25) is 19.3 Å². The summed E-state index contributed by atoms with van der Waals surface area (Å²) in [6.45, 7) is 1.30. The van der Waals surface area contributed by atoms with Gasteiger partial charge in [0.05, 0.1) is 17.7 Å². The number of esters is 1. The highest BCUT2D eigenvalue weighted by Gasteiger charge is 2.36. The number of furan rings is 1. The van der Waals surface area contributed by atoms with Crippen molar-refractivity contribution in [3.05, 3.63) is 65.4 Å². The predicted molar refractivity (Wildman–Crippen MR) is 103 cm³/mol. The fourth-order valence-electron chi connectivity index (χ4n) is 3.22. The van der Waals surface area contributed by atoms with Crippen LogP contribution in [0.1, 0.15) is 38.2 Å². The largest absolute Gasteiger partial charge is 0.460 e. The van der Waals surface area contributed by atoms with Crippen LogP contribution in [0, 0.1) is 0 Å². The number of rotatable bonds is 5. The van der Waals surface area contributed by atoms with Gasteiger partial charge in [0, 0.05) is 5.39 Å². The van der Waals surface area contributed by atoms with Crippen molar-refractivity contribution in [3.63, 3.8) is 0 Å². The maximum Gasteiger partial charge on any atom is 0.376 e. The van der Waals surface area contributed by atoms with Crippen LogP contribution in [0.15, 0.2) is 52.9 Å². The summed E-state index contributed by atoms with van der Waals surface area (Å²) < 4.78 is 10.5. The molecule has 3 aromatic rings. The van der Waals surface area contributed by atoms with E-state index in [9.17, 15) is 19.2 Å². The van der Waals surface area contributed by atoms with Crippen LogP contribution in [0.4, 0.5) is 5.69 Å². The van der Waals surface area contributed by atoms with Crippen molar-refractivity contribution in [1.29, 1.82) is 0 Å². The fraction of sp³-hybridized carbons (Fsp3) is 0.143. The van der Waals surface area contributed by atoms with Crippen LogP contribution < -0.4 is 5.32 Å². The van der Waals surface area contributed by atoms with Gasteiger partial charge in [-0.05, 0) is 31.2 Å². The number of carbonyl (C=O) groups excluding carboxylic acids is 4. The lowest BCUT2D eigenvalue weighted by atomic mass is 10.1. The van der Waals surface area contributed by atoms with Crippen LogP contribution in [0.2, 0.25) is 0 Å². The molecule has 2 aromatic carbocycles. The molecule has 8 nitrogen and oxygen atoms in total. The zero-order chi connectivity index (χ0) is 20.5. The number of amides is 3. The summed E-state index contributed by atoms with van der Waals surface area (Å²) in [5, 5.41) is 3.09. The summed E-state index contributed by atoms with van der Waals surface area (Å²) in [4.78, 5) is 50.6. The number of benzene rings is 2. The molecule has 0 spiro atoms. The molecule has 0 unspecified atom stereocenters. The number of nitrogens with one attached hydrogen (secondary N) is 1. The predicted octanol–water partition coefficient (Wildman–Crippen LogP) is 2.84. The topological polar surface area (TPSA) is 106 Å². The number of hydrogen-bond acceptors (Lipinski definition) is 6. The molecule has 0 bridgehead atoms. The number of hydrogen-bond donors (Lipinski definition) is 1. The minimum atomic E-state index is -0.722. The van der Waals surface area contributed by atoms with Crippen molar-refractivity contribution in [2.24, 2.45) is 0 Å². The molecule has 0 saturated carbocycles. The van der Waals surface area contributed by atoms with E-state index in [0.717, 1.165) is 4.90 Å². The second-order valence-corrected chi connectivity index (χ2v) is 6.31. The Kier molecular flexibility index (Phi) is 4.59. The van der Waals surface area contributed by atoms with E-state index in [4.69, 9.17) is 9.15 Å². The van der Waals surface area contributed by atoms with Crippen molar-refractivity contribution in [3.8, 4) is 0 Å². The molecule has 2 heterocycles. The molecule has 4 rings (SSSR count). The number of fused-ring (bicyclic) bond motifs is 2. The molecular formula is C21H16N2O6. The zero-order valence-corrected chi connectivity index (χ0v) is 15.4. The average molecular weight is 392 g/mol. The first-order valence-electron chi connectivity index (χ1n) is 8.95. The molecular weight excluding hydrogens is 376 g/mol. The van der Waals surface area contributed by atoms with E-state index in [1.165, 1.54) is 12.1 Å². The first-order chi connectivity index (χ1) is 14.0. The van der Waals surface area contributed by atoms with Crippen LogP contribution >= 0.6 is 0 Å². The van der Waals surface area contributed by atoms with E-state index in [2.05, 4.69) is 5.32 Å². The maximum atomic E-state index is 12.6. The van der Waals surface area contributed by atoms with Gasteiger partial charge in [0.2, 0.25) is 11.7 Å². The quantitative estimate of drug-likeness (QED) is 0.529. The number of carbonyl (C=O) groups is 4. The lowest BCUT2D eigenvalue weighted by Crippen LogP contribution is -2.37. The Hall–Kier alpha value is -3.94.